The summed E-state index contributed by atoms with van der Waals surface area (Å²) in [5.74, 6) is 0. The van der Waals surface area contributed by atoms with E-state index in [-0.39, 0.29) is 12.1 Å². The minimum Gasteiger partial charge on any atom is -0.412 e. The van der Waals surface area contributed by atoms with Gasteiger partial charge in [-0.3, -0.25) is 4.79 Å². The molecule has 24 heavy (non-hydrogen) atoms. The zero-order valence-electron chi connectivity index (χ0n) is 15.4. The van der Waals surface area contributed by atoms with Gasteiger partial charge in [-0.2, -0.15) is 0 Å². The first-order chi connectivity index (χ1) is 11.3. The van der Waals surface area contributed by atoms with Gasteiger partial charge in [0.05, 0.1) is 18.8 Å². The third kappa shape index (κ3) is 16.0. The first-order valence-electron chi connectivity index (χ1n) is 9.41. The molecular weight excluding hydrogens is 306 g/mol. The third-order valence-electron chi connectivity index (χ3n) is 4.20. The first kappa shape index (κ1) is 25.3. The largest absolute Gasteiger partial charge is 0.412 e. The summed E-state index contributed by atoms with van der Waals surface area (Å²) in [6, 6.07) is -0.610. The monoisotopic (exact) mass is 345 g/mol. The molecule has 0 aromatic rings. The van der Waals surface area contributed by atoms with Gasteiger partial charge in [0.25, 0.3) is 0 Å². The molecule has 0 radical (unpaired) electrons. The Balaban J connectivity index is 0. The van der Waals surface area contributed by atoms with Crippen LogP contribution in [0, 0.1) is 0 Å². The number of carbonyl (C=O) groups is 1. The van der Waals surface area contributed by atoms with Crippen LogP contribution >= 0.6 is 0 Å². The van der Waals surface area contributed by atoms with E-state index in [0.717, 1.165) is 12.8 Å². The number of nitrogens with one attached hydrogen (secondary N) is 1. The fraction of sp³-hybridized carbons (Fsp3) is 0.842. The van der Waals surface area contributed by atoms with E-state index >= 15 is 0 Å². The molecule has 0 saturated heterocycles. The van der Waals surface area contributed by atoms with Crippen molar-refractivity contribution in [3.05, 3.63) is 12.2 Å². The highest BCUT2D eigenvalue weighted by molar-refractivity contribution is 5.47. The lowest BCUT2D eigenvalue weighted by Crippen LogP contribution is -2.41. The zero-order chi connectivity index (χ0) is 17.2. The fourth-order valence-electron chi connectivity index (χ4n) is 2.64. The standard InChI is InChI=1S/C19H37NO3.H2O/c1-2-3-4-5-6-7-8-9-10-11-12-13-14-15-19(23)18(16-21)20-17-22;/h14-15,17-19,21,23H,2-13,16H2,1H3,(H,20,22);1H2/b15-14+;/t18-,19+;/m0./s1. The van der Waals surface area contributed by atoms with E-state index in [1.807, 2.05) is 6.08 Å². The van der Waals surface area contributed by atoms with Crippen LogP contribution in [0.5, 0.6) is 0 Å². The second-order valence-corrected chi connectivity index (χ2v) is 6.32. The van der Waals surface area contributed by atoms with Crippen molar-refractivity contribution >= 4 is 6.41 Å². The smallest absolute Gasteiger partial charge is 0.207 e. The topological polar surface area (TPSA) is 101 Å². The summed E-state index contributed by atoms with van der Waals surface area (Å²) in [6.07, 6.45) is 18.8. The van der Waals surface area contributed by atoms with E-state index in [0.29, 0.717) is 6.41 Å². The molecule has 5 N–H and O–H groups in total. The van der Waals surface area contributed by atoms with Gasteiger partial charge in [0.2, 0.25) is 6.41 Å². The maximum Gasteiger partial charge on any atom is 0.207 e. The molecular formula is C19H39NO4. The summed E-state index contributed by atoms with van der Waals surface area (Å²) in [6.45, 7) is 1.99. The maximum absolute atomic E-state index is 10.3. The summed E-state index contributed by atoms with van der Waals surface area (Å²) in [5.41, 5.74) is 0. The molecule has 5 heteroatoms. The van der Waals surface area contributed by atoms with Gasteiger partial charge in [-0.1, -0.05) is 83.3 Å². The van der Waals surface area contributed by atoms with Crippen molar-refractivity contribution in [1.82, 2.24) is 5.32 Å². The van der Waals surface area contributed by atoms with Crippen LogP contribution in [0.15, 0.2) is 12.2 Å². The van der Waals surface area contributed by atoms with Crippen molar-refractivity contribution in [3.8, 4) is 0 Å². The lowest BCUT2D eigenvalue weighted by Gasteiger charge is -2.16. The molecule has 0 fully saturated rings. The van der Waals surface area contributed by atoms with Gasteiger partial charge in [-0.15, -0.1) is 0 Å². The molecule has 0 unspecified atom stereocenters. The van der Waals surface area contributed by atoms with Crippen LogP contribution in [0.4, 0.5) is 0 Å². The number of aliphatic hydroxyl groups is 2. The highest BCUT2D eigenvalue weighted by Gasteiger charge is 2.13. The number of amides is 1. The van der Waals surface area contributed by atoms with Gasteiger partial charge < -0.3 is 21.0 Å². The molecule has 0 aromatic heterocycles. The van der Waals surface area contributed by atoms with Crippen molar-refractivity contribution in [2.75, 3.05) is 6.61 Å². The van der Waals surface area contributed by atoms with Crippen molar-refractivity contribution in [3.63, 3.8) is 0 Å². The van der Waals surface area contributed by atoms with E-state index in [4.69, 9.17) is 5.11 Å². The predicted octanol–water partition coefficient (Wildman–Crippen LogP) is 2.89. The lowest BCUT2D eigenvalue weighted by molar-refractivity contribution is -0.111. The summed E-state index contributed by atoms with van der Waals surface area (Å²) < 4.78 is 0. The number of allylic oxidation sites excluding steroid dienone is 1. The van der Waals surface area contributed by atoms with Gasteiger partial charge in [0, 0.05) is 0 Å². The molecule has 0 aromatic carbocycles. The van der Waals surface area contributed by atoms with Crippen molar-refractivity contribution < 1.29 is 20.5 Å². The summed E-state index contributed by atoms with van der Waals surface area (Å²) in [5, 5.41) is 21.2. The van der Waals surface area contributed by atoms with Crippen LogP contribution in [-0.2, 0) is 4.79 Å². The van der Waals surface area contributed by atoms with Gasteiger partial charge in [-0.05, 0) is 12.8 Å². The van der Waals surface area contributed by atoms with Crippen molar-refractivity contribution in [2.24, 2.45) is 0 Å². The first-order valence-corrected chi connectivity index (χ1v) is 9.41. The van der Waals surface area contributed by atoms with E-state index in [1.54, 1.807) is 6.08 Å². The minimum atomic E-state index is -0.821. The van der Waals surface area contributed by atoms with Gasteiger partial charge in [-0.25, -0.2) is 0 Å². The average molecular weight is 346 g/mol. The molecule has 0 heterocycles. The number of rotatable bonds is 17. The Hall–Kier alpha value is -0.910. The quantitative estimate of drug-likeness (QED) is 0.215. The van der Waals surface area contributed by atoms with Crippen LogP contribution in [0.3, 0.4) is 0 Å². The van der Waals surface area contributed by atoms with E-state index in [2.05, 4.69) is 12.2 Å². The van der Waals surface area contributed by atoms with E-state index in [1.165, 1.54) is 64.2 Å². The molecule has 5 nitrogen and oxygen atoms in total. The zero-order valence-corrected chi connectivity index (χ0v) is 15.4. The molecule has 0 rings (SSSR count). The summed E-state index contributed by atoms with van der Waals surface area (Å²) >= 11 is 0. The van der Waals surface area contributed by atoms with Crippen LogP contribution in [0.2, 0.25) is 0 Å². The average Bonchev–Trinajstić information content (AvgIpc) is 2.56. The molecule has 0 saturated carbocycles. The predicted molar refractivity (Wildman–Crippen MR) is 99.9 cm³/mol. The van der Waals surface area contributed by atoms with Gasteiger partial charge >= 0.3 is 0 Å². The molecule has 0 aliphatic carbocycles. The number of unbranched alkanes of at least 4 members (excludes halogenated alkanes) is 11. The molecule has 1 amide bonds. The summed E-state index contributed by atoms with van der Waals surface area (Å²) in [7, 11) is 0. The third-order valence-corrected chi connectivity index (χ3v) is 4.20. The minimum absolute atomic E-state index is 0. The van der Waals surface area contributed by atoms with Crippen LogP contribution < -0.4 is 5.32 Å². The second kappa shape index (κ2) is 20.1. The highest BCUT2D eigenvalue weighted by Crippen LogP contribution is 2.12. The molecule has 0 spiro atoms. The Morgan fingerprint density at radius 2 is 1.42 bits per heavy atom. The van der Waals surface area contributed by atoms with Gasteiger partial charge in [0.1, 0.15) is 0 Å². The number of hydrogen-bond acceptors (Lipinski definition) is 3. The Kier molecular flexibility index (Phi) is 21.3. The Bertz CT molecular complexity index is 285. The molecule has 0 aliphatic rings. The van der Waals surface area contributed by atoms with Crippen LogP contribution in [0.25, 0.3) is 0 Å². The Labute approximate surface area is 147 Å². The van der Waals surface area contributed by atoms with Gasteiger partial charge in [0.15, 0.2) is 0 Å². The van der Waals surface area contributed by atoms with Crippen LogP contribution in [-0.4, -0.2) is 40.9 Å². The summed E-state index contributed by atoms with van der Waals surface area (Å²) in [4.78, 5) is 10.3. The number of hydrogen-bond donors (Lipinski definition) is 3. The van der Waals surface area contributed by atoms with E-state index in [9.17, 15) is 9.90 Å². The SMILES string of the molecule is CCCCCCCCCCCCC/C=C/[C@@H](O)[C@H](CO)NC=O.O. The normalized spacial score (nSPS) is 13.5. The molecule has 144 valence electrons. The fourth-order valence-corrected chi connectivity index (χ4v) is 2.64. The van der Waals surface area contributed by atoms with Crippen LogP contribution in [0.1, 0.15) is 84.0 Å². The second-order valence-electron chi connectivity index (χ2n) is 6.32. The number of carbonyl (C=O) groups excluding carboxylic acids is 1. The lowest BCUT2D eigenvalue weighted by atomic mass is 10.0. The van der Waals surface area contributed by atoms with Crippen molar-refractivity contribution in [2.45, 2.75) is 96.1 Å². The Morgan fingerprint density at radius 1 is 0.917 bits per heavy atom. The maximum atomic E-state index is 10.3. The molecule has 2 atom stereocenters. The molecule has 0 aliphatic heterocycles. The number of aliphatic hydroxyl groups excluding tert-OH is 2. The van der Waals surface area contributed by atoms with Crippen molar-refractivity contribution in [1.29, 1.82) is 0 Å². The Morgan fingerprint density at radius 3 is 1.88 bits per heavy atom. The highest BCUT2D eigenvalue weighted by atomic mass is 16.3. The van der Waals surface area contributed by atoms with E-state index < -0.39 is 12.1 Å². The molecule has 0 bridgehead atoms.